The molecule has 0 aromatic heterocycles. The minimum Gasteiger partial charge on any atom is -0.325 e. The Morgan fingerprint density at radius 1 is 1.36 bits per heavy atom. The van der Waals surface area contributed by atoms with Crippen LogP contribution in [0, 0.1) is 0 Å². The Morgan fingerprint density at radius 3 is 2.43 bits per heavy atom. The molecule has 1 aromatic rings. The summed E-state index contributed by atoms with van der Waals surface area (Å²) < 4.78 is 1.14. The summed E-state index contributed by atoms with van der Waals surface area (Å²) in [5.41, 5.74) is 7.72. The highest BCUT2D eigenvalue weighted by atomic mass is 79.9. The van der Waals surface area contributed by atoms with Gasteiger partial charge in [0.2, 0.25) is 0 Å². The van der Waals surface area contributed by atoms with Crippen molar-refractivity contribution >= 4 is 15.9 Å². The fourth-order valence-electron chi connectivity index (χ4n) is 2.22. The summed E-state index contributed by atoms with van der Waals surface area (Å²) in [5, 5.41) is 0. The van der Waals surface area contributed by atoms with Crippen LogP contribution in [-0.2, 0) is 5.41 Å². The molecule has 0 bridgehead atoms. The molecule has 0 saturated heterocycles. The molecule has 1 fully saturated rings. The summed E-state index contributed by atoms with van der Waals surface area (Å²) in [6.45, 7) is 4.25. The zero-order valence-corrected chi connectivity index (χ0v) is 10.3. The highest BCUT2D eigenvalue weighted by Gasteiger charge is 2.53. The van der Waals surface area contributed by atoms with Crippen LogP contribution in [0.5, 0.6) is 0 Å². The van der Waals surface area contributed by atoms with E-state index in [0.29, 0.717) is 0 Å². The Morgan fingerprint density at radius 2 is 2.00 bits per heavy atom. The first-order chi connectivity index (χ1) is 6.46. The van der Waals surface area contributed by atoms with E-state index < -0.39 is 0 Å². The SMILES string of the molecule is CC(C)(N)C1(c2cccc(Br)c2)CC1. The molecule has 1 aliphatic rings. The molecule has 0 radical (unpaired) electrons. The first-order valence-electron chi connectivity index (χ1n) is 5.01. The van der Waals surface area contributed by atoms with E-state index in [1.807, 2.05) is 0 Å². The molecule has 0 amide bonds. The molecule has 1 nitrogen and oxygen atoms in total. The molecule has 2 heteroatoms. The summed E-state index contributed by atoms with van der Waals surface area (Å²) in [5.74, 6) is 0. The monoisotopic (exact) mass is 253 g/mol. The second-order valence-corrected chi connectivity index (χ2v) is 5.73. The summed E-state index contributed by atoms with van der Waals surface area (Å²) in [4.78, 5) is 0. The predicted octanol–water partition coefficient (Wildman–Crippen LogP) is 3.22. The fraction of sp³-hybridized carbons (Fsp3) is 0.500. The first kappa shape index (κ1) is 10.2. The average molecular weight is 254 g/mol. The van der Waals surface area contributed by atoms with Crippen molar-refractivity contribution in [1.29, 1.82) is 0 Å². The van der Waals surface area contributed by atoms with Crippen molar-refractivity contribution in [2.45, 2.75) is 37.6 Å². The van der Waals surface area contributed by atoms with Gasteiger partial charge in [-0.25, -0.2) is 0 Å². The third-order valence-electron chi connectivity index (χ3n) is 3.36. The number of rotatable bonds is 2. The van der Waals surface area contributed by atoms with E-state index in [2.05, 4.69) is 54.0 Å². The van der Waals surface area contributed by atoms with E-state index in [1.54, 1.807) is 0 Å². The van der Waals surface area contributed by atoms with Crippen LogP contribution in [0.4, 0.5) is 0 Å². The standard InChI is InChI=1S/C12H16BrN/c1-11(2,14)12(6-7-12)9-4-3-5-10(13)8-9/h3-5,8H,6-7,14H2,1-2H3. The van der Waals surface area contributed by atoms with Crippen molar-refractivity contribution in [3.8, 4) is 0 Å². The Hall–Kier alpha value is -0.340. The largest absolute Gasteiger partial charge is 0.325 e. The first-order valence-corrected chi connectivity index (χ1v) is 5.80. The number of benzene rings is 1. The Labute approximate surface area is 93.8 Å². The van der Waals surface area contributed by atoms with Crippen LogP contribution in [0.1, 0.15) is 32.3 Å². The average Bonchev–Trinajstić information content (AvgIpc) is 2.82. The van der Waals surface area contributed by atoms with E-state index in [0.717, 1.165) is 4.47 Å². The Kier molecular flexibility index (Phi) is 2.24. The van der Waals surface area contributed by atoms with Gasteiger partial charge in [-0.2, -0.15) is 0 Å². The smallest absolute Gasteiger partial charge is 0.0195 e. The lowest BCUT2D eigenvalue weighted by atomic mass is 9.79. The third-order valence-corrected chi connectivity index (χ3v) is 3.85. The highest BCUT2D eigenvalue weighted by Crippen LogP contribution is 2.54. The minimum absolute atomic E-state index is 0.117. The van der Waals surface area contributed by atoms with Gasteiger partial charge in [-0.05, 0) is 44.4 Å². The van der Waals surface area contributed by atoms with Crippen molar-refractivity contribution in [3.63, 3.8) is 0 Å². The van der Waals surface area contributed by atoms with E-state index in [-0.39, 0.29) is 11.0 Å². The number of hydrogen-bond acceptors (Lipinski definition) is 1. The van der Waals surface area contributed by atoms with Crippen molar-refractivity contribution in [2.24, 2.45) is 5.73 Å². The molecule has 1 saturated carbocycles. The van der Waals surface area contributed by atoms with Crippen molar-refractivity contribution in [3.05, 3.63) is 34.3 Å². The van der Waals surface area contributed by atoms with Gasteiger partial charge in [0.25, 0.3) is 0 Å². The van der Waals surface area contributed by atoms with Crippen LogP contribution in [0.2, 0.25) is 0 Å². The summed E-state index contributed by atoms with van der Waals surface area (Å²) >= 11 is 3.51. The predicted molar refractivity (Wildman–Crippen MR) is 63.3 cm³/mol. The molecule has 14 heavy (non-hydrogen) atoms. The van der Waals surface area contributed by atoms with E-state index in [4.69, 9.17) is 5.73 Å². The van der Waals surface area contributed by atoms with Crippen LogP contribution in [0.15, 0.2) is 28.7 Å². The molecule has 2 N–H and O–H groups in total. The number of nitrogens with two attached hydrogens (primary N) is 1. The maximum Gasteiger partial charge on any atom is 0.0195 e. The summed E-state index contributed by atoms with van der Waals surface area (Å²) in [6.07, 6.45) is 2.43. The van der Waals surface area contributed by atoms with Gasteiger partial charge in [0.05, 0.1) is 0 Å². The van der Waals surface area contributed by atoms with Crippen molar-refractivity contribution < 1.29 is 0 Å². The molecular weight excluding hydrogens is 238 g/mol. The number of halogens is 1. The molecule has 0 aliphatic heterocycles. The molecule has 2 rings (SSSR count). The van der Waals surface area contributed by atoms with Gasteiger partial charge in [0.15, 0.2) is 0 Å². The minimum atomic E-state index is -0.117. The second kappa shape index (κ2) is 3.07. The summed E-state index contributed by atoms with van der Waals surface area (Å²) in [7, 11) is 0. The van der Waals surface area contributed by atoms with Crippen LogP contribution >= 0.6 is 15.9 Å². The van der Waals surface area contributed by atoms with Gasteiger partial charge >= 0.3 is 0 Å². The zero-order valence-electron chi connectivity index (χ0n) is 8.68. The zero-order chi connectivity index (χ0) is 10.4. The Bertz CT molecular complexity index is 348. The number of hydrogen-bond donors (Lipinski definition) is 1. The maximum absolute atomic E-state index is 6.24. The van der Waals surface area contributed by atoms with Gasteiger partial charge in [-0.1, -0.05) is 28.1 Å². The van der Waals surface area contributed by atoms with Crippen LogP contribution in [0.3, 0.4) is 0 Å². The normalized spacial score (nSPS) is 19.4. The molecule has 0 spiro atoms. The van der Waals surface area contributed by atoms with E-state index in [9.17, 15) is 0 Å². The fourth-order valence-corrected chi connectivity index (χ4v) is 2.62. The molecule has 0 atom stereocenters. The van der Waals surface area contributed by atoms with Crippen LogP contribution < -0.4 is 5.73 Å². The molecule has 0 unspecified atom stereocenters. The molecular formula is C12H16BrN. The van der Waals surface area contributed by atoms with Gasteiger partial charge in [-0.15, -0.1) is 0 Å². The molecule has 1 aliphatic carbocycles. The maximum atomic E-state index is 6.24. The lowest BCUT2D eigenvalue weighted by Crippen LogP contribution is -2.45. The van der Waals surface area contributed by atoms with Crippen LogP contribution in [0.25, 0.3) is 0 Å². The second-order valence-electron chi connectivity index (χ2n) is 4.81. The van der Waals surface area contributed by atoms with Crippen molar-refractivity contribution in [2.75, 3.05) is 0 Å². The van der Waals surface area contributed by atoms with Crippen LogP contribution in [-0.4, -0.2) is 5.54 Å². The topological polar surface area (TPSA) is 26.0 Å². The third kappa shape index (κ3) is 1.51. The van der Waals surface area contributed by atoms with E-state index >= 15 is 0 Å². The quantitative estimate of drug-likeness (QED) is 0.861. The van der Waals surface area contributed by atoms with Gasteiger partial charge < -0.3 is 5.73 Å². The molecule has 1 aromatic carbocycles. The van der Waals surface area contributed by atoms with E-state index in [1.165, 1.54) is 18.4 Å². The molecule has 0 heterocycles. The van der Waals surface area contributed by atoms with Crippen molar-refractivity contribution in [1.82, 2.24) is 0 Å². The lowest BCUT2D eigenvalue weighted by Gasteiger charge is -2.31. The van der Waals surface area contributed by atoms with Gasteiger partial charge in [0.1, 0.15) is 0 Å². The molecule has 76 valence electrons. The Balaban J connectivity index is 2.41. The lowest BCUT2D eigenvalue weighted by molar-refractivity contribution is 0.391. The highest BCUT2D eigenvalue weighted by molar-refractivity contribution is 9.10. The van der Waals surface area contributed by atoms with Gasteiger partial charge in [-0.3, -0.25) is 0 Å². The summed E-state index contributed by atoms with van der Waals surface area (Å²) in [6, 6.07) is 8.53. The van der Waals surface area contributed by atoms with Gasteiger partial charge in [0, 0.05) is 15.4 Å².